The Bertz CT molecular complexity index is 1020. The summed E-state index contributed by atoms with van der Waals surface area (Å²) in [6, 6.07) is 9.27. The average Bonchev–Trinajstić information content (AvgIpc) is 3.00. The van der Waals surface area contributed by atoms with Crippen molar-refractivity contribution in [2.45, 2.75) is 63.8 Å². The maximum Gasteiger partial charge on any atom is 0.570 e. The van der Waals surface area contributed by atoms with Gasteiger partial charge in [0.1, 0.15) is 25.8 Å². The predicted octanol–water partition coefficient (Wildman–Crippen LogP) is 1.97. The molecular weight excluding hydrogens is 637 g/mol. The molecule has 5 N–H and O–H groups in total. The minimum absolute atomic E-state index is 0.00489. The summed E-state index contributed by atoms with van der Waals surface area (Å²) in [5.41, 5.74) is 1.35. The molecule has 1 unspecified atom stereocenters. The van der Waals surface area contributed by atoms with Crippen LogP contribution in [0.2, 0.25) is 0 Å². The Morgan fingerprint density at radius 1 is 0.702 bits per heavy atom. The highest BCUT2D eigenvalue weighted by molar-refractivity contribution is 7.54. The van der Waals surface area contributed by atoms with Gasteiger partial charge in [-0.3, -0.25) is 29.1 Å². The van der Waals surface area contributed by atoms with E-state index in [4.69, 9.17) is 9.05 Å². The van der Waals surface area contributed by atoms with E-state index in [1.165, 1.54) is 21.8 Å². The molecule has 15 nitrogen and oxygen atoms in total. The molecule has 0 amide bonds. The first-order valence-electron chi connectivity index (χ1n) is 15.8. The first-order valence-corrected chi connectivity index (χ1v) is 17.4. The van der Waals surface area contributed by atoms with Gasteiger partial charge in [-0.25, -0.2) is 0 Å². The number of benzene rings is 1. The number of hydrogen-bond acceptors (Lipinski definition) is 12. The first kappa shape index (κ1) is 42.1. The third-order valence-corrected chi connectivity index (χ3v) is 8.32. The number of nitrogens with zero attached hydrogens (tertiary/aromatic N) is 3. The molecule has 0 bridgehead atoms. The molecule has 1 aromatic carbocycles. The molecule has 1 rings (SSSR count). The molecular formula is C31H51N3O12P+. The maximum absolute atomic E-state index is 11.6. The standard InChI is InChI=1S/C31H50N3O12P/c35-19-17-32(18-20-36)15-16-33(23-29(37)38)22-28(34(24-30(39)40)25-31(41)42)26-46-47(43,44)45-21-11-6-4-2-1-3-5-8-12-27-13-9-7-10-14-27/h7,9-10,13-14,19-20,28,43-44H,1-6,8,11-12,15-18,21-26H2,(H2-,37,38,39,40,41,42)/p+1. The Kier molecular flexibility index (Phi) is 22.6. The van der Waals surface area contributed by atoms with Crippen molar-refractivity contribution in [3.63, 3.8) is 0 Å². The second kappa shape index (κ2) is 25.2. The largest absolute Gasteiger partial charge is 0.570 e. The van der Waals surface area contributed by atoms with E-state index >= 15 is 0 Å². The van der Waals surface area contributed by atoms with Crippen molar-refractivity contribution in [3.05, 3.63) is 35.9 Å². The zero-order chi connectivity index (χ0) is 34.9. The second-order valence-electron chi connectivity index (χ2n) is 11.3. The molecule has 0 aromatic heterocycles. The zero-order valence-corrected chi connectivity index (χ0v) is 27.8. The van der Waals surface area contributed by atoms with Crippen LogP contribution in [0.5, 0.6) is 0 Å². The number of hydrogen-bond donors (Lipinski definition) is 5. The van der Waals surface area contributed by atoms with Crippen LogP contribution >= 0.6 is 8.17 Å². The summed E-state index contributed by atoms with van der Waals surface area (Å²) in [6.07, 6.45) is 10.2. The van der Waals surface area contributed by atoms with Crippen LogP contribution in [-0.4, -0.2) is 142 Å². The fourth-order valence-corrected chi connectivity index (χ4v) is 5.76. The van der Waals surface area contributed by atoms with E-state index in [9.17, 15) is 49.1 Å². The molecule has 0 spiro atoms. The summed E-state index contributed by atoms with van der Waals surface area (Å²) in [5.74, 6) is -3.95. The molecule has 16 heteroatoms. The van der Waals surface area contributed by atoms with Gasteiger partial charge < -0.3 is 24.9 Å². The van der Waals surface area contributed by atoms with Crippen LogP contribution in [-0.2, 0) is 39.4 Å². The SMILES string of the molecule is O=CCN(CC=O)CCN(CC(=O)O)CC(CO[P+](O)(O)OCCCCCCCCCCc1ccccc1)N(CC(=O)O)CC(=O)O. The number of rotatable bonds is 31. The molecule has 1 aromatic rings. The van der Waals surface area contributed by atoms with Crippen molar-refractivity contribution >= 4 is 38.7 Å². The lowest BCUT2D eigenvalue weighted by atomic mass is 10.0. The van der Waals surface area contributed by atoms with E-state index in [1.54, 1.807) is 0 Å². The van der Waals surface area contributed by atoms with Gasteiger partial charge in [0.05, 0.1) is 38.8 Å². The zero-order valence-electron chi connectivity index (χ0n) is 26.9. The van der Waals surface area contributed by atoms with Gasteiger partial charge in [0.2, 0.25) is 0 Å². The van der Waals surface area contributed by atoms with Gasteiger partial charge in [-0.15, -0.1) is 0 Å². The molecule has 1 atom stereocenters. The maximum atomic E-state index is 11.6. The van der Waals surface area contributed by atoms with Crippen LogP contribution in [0, 0.1) is 0 Å². The Labute approximate surface area is 276 Å². The fourth-order valence-electron chi connectivity index (χ4n) is 4.95. The average molecular weight is 689 g/mol. The highest BCUT2D eigenvalue weighted by atomic mass is 31.2. The fraction of sp³-hybridized carbons (Fsp3) is 0.645. The normalized spacial score (nSPS) is 12.4. The van der Waals surface area contributed by atoms with Crippen molar-refractivity contribution in [2.75, 3.05) is 65.6 Å². The first-order chi connectivity index (χ1) is 22.5. The molecule has 0 aliphatic rings. The van der Waals surface area contributed by atoms with Crippen LogP contribution in [0.4, 0.5) is 0 Å². The summed E-state index contributed by atoms with van der Waals surface area (Å²) in [6.45, 7) is -2.89. The number of aliphatic carboxylic acids is 3. The van der Waals surface area contributed by atoms with E-state index in [2.05, 4.69) is 12.1 Å². The van der Waals surface area contributed by atoms with Gasteiger partial charge in [-0.2, -0.15) is 18.8 Å². The molecule has 0 heterocycles. The Balaban J connectivity index is 2.62. The van der Waals surface area contributed by atoms with Gasteiger partial charge in [0.15, 0.2) is 0 Å². The van der Waals surface area contributed by atoms with E-state index in [-0.39, 0.29) is 39.3 Å². The molecule has 0 saturated heterocycles. The topological polar surface area (TPSA) is 215 Å². The number of carbonyl (C=O) groups excluding carboxylic acids is 2. The third kappa shape index (κ3) is 22.3. The van der Waals surface area contributed by atoms with E-state index in [0.29, 0.717) is 19.0 Å². The van der Waals surface area contributed by atoms with E-state index < -0.39 is 58.4 Å². The highest BCUT2D eigenvalue weighted by Crippen LogP contribution is 2.52. The second-order valence-corrected chi connectivity index (χ2v) is 12.7. The van der Waals surface area contributed by atoms with Gasteiger partial charge in [0, 0.05) is 19.6 Å². The summed E-state index contributed by atoms with van der Waals surface area (Å²) in [7, 11) is -4.37. The van der Waals surface area contributed by atoms with Crippen molar-refractivity contribution in [3.8, 4) is 0 Å². The Morgan fingerprint density at radius 3 is 1.74 bits per heavy atom. The van der Waals surface area contributed by atoms with E-state index in [1.807, 2.05) is 18.2 Å². The summed E-state index contributed by atoms with van der Waals surface area (Å²) >= 11 is 0. The van der Waals surface area contributed by atoms with Crippen LogP contribution in [0.3, 0.4) is 0 Å². The molecule has 0 radical (unpaired) electrons. The third-order valence-electron chi connectivity index (χ3n) is 7.32. The smallest absolute Gasteiger partial charge is 0.480 e. The number of carboxylic acid groups (broad SMARTS) is 3. The summed E-state index contributed by atoms with van der Waals surface area (Å²) < 4.78 is 10.4. The molecule has 0 saturated carbocycles. The number of carbonyl (C=O) groups is 5. The molecule has 0 aliphatic carbocycles. The lowest BCUT2D eigenvalue weighted by Gasteiger charge is -2.33. The van der Waals surface area contributed by atoms with Gasteiger partial charge >= 0.3 is 26.1 Å². The van der Waals surface area contributed by atoms with Crippen molar-refractivity contribution in [2.24, 2.45) is 0 Å². The number of unbranched alkanes of at least 4 members (excludes halogenated alkanes) is 7. The van der Waals surface area contributed by atoms with E-state index in [0.717, 1.165) is 49.8 Å². The molecule has 266 valence electrons. The van der Waals surface area contributed by atoms with Crippen LogP contribution in [0.15, 0.2) is 30.3 Å². The van der Waals surface area contributed by atoms with Gasteiger partial charge in [-0.05, 0) is 24.8 Å². The van der Waals surface area contributed by atoms with Gasteiger partial charge in [-0.1, -0.05) is 68.9 Å². The van der Waals surface area contributed by atoms with Crippen LogP contribution in [0.1, 0.15) is 56.9 Å². The quantitative estimate of drug-likeness (QED) is 0.0428. The highest BCUT2D eigenvalue weighted by Gasteiger charge is 2.41. The number of carboxylic acids is 3. The Morgan fingerprint density at radius 2 is 1.21 bits per heavy atom. The minimum Gasteiger partial charge on any atom is -0.480 e. The predicted molar refractivity (Wildman–Crippen MR) is 174 cm³/mol. The summed E-state index contributed by atoms with van der Waals surface area (Å²) in [5, 5.41) is 28.2. The molecule has 0 fully saturated rings. The lowest BCUT2D eigenvalue weighted by molar-refractivity contribution is -0.144. The van der Waals surface area contributed by atoms with Crippen LogP contribution < -0.4 is 0 Å². The van der Waals surface area contributed by atoms with Gasteiger partial charge in [0.25, 0.3) is 0 Å². The van der Waals surface area contributed by atoms with Crippen LogP contribution in [0.25, 0.3) is 0 Å². The molecule has 0 aliphatic heterocycles. The number of aryl methyl sites for hydroxylation is 1. The number of aldehydes is 2. The van der Waals surface area contributed by atoms with Crippen molar-refractivity contribution in [1.82, 2.24) is 14.7 Å². The minimum atomic E-state index is -4.37. The Hall–Kier alpha value is -2.88. The monoisotopic (exact) mass is 688 g/mol. The molecule has 47 heavy (non-hydrogen) atoms. The lowest BCUT2D eigenvalue weighted by Crippen LogP contribution is -2.52. The van der Waals surface area contributed by atoms with Crippen molar-refractivity contribution < 1.29 is 58.1 Å². The van der Waals surface area contributed by atoms with Crippen molar-refractivity contribution in [1.29, 1.82) is 0 Å². The summed E-state index contributed by atoms with van der Waals surface area (Å²) in [4.78, 5) is 81.0.